The molecule has 2 aromatic rings. The van der Waals surface area contributed by atoms with Crippen LogP contribution in [-0.2, 0) is 6.54 Å². The first-order valence-electron chi connectivity index (χ1n) is 7.31. The molecular weight excluding hydrogens is 295 g/mol. The highest BCUT2D eigenvalue weighted by molar-refractivity contribution is 7.80. The van der Waals surface area contributed by atoms with Gasteiger partial charge in [-0.2, -0.15) is 0 Å². The summed E-state index contributed by atoms with van der Waals surface area (Å²) in [5.74, 6) is -0.229. The summed E-state index contributed by atoms with van der Waals surface area (Å²) in [6.45, 7) is 6.86. The van der Waals surface area contributed by atoms with Crippen molar-refractivity contribution in [1.29, 1.82) is 0 Å². The van der Waals surface area contributed by atoms with E-state index >= 15 is 0 Å². The quantitative estimate of drug-likeness (QED) is 0.828. The maximum Gasteiger partial charge on any atom is 0.167 e. The molecule has 0 amide bonds. The molecule has 0 saturated heterocycles. The molecule has 2 nitrogen and oxygen atoms in total. The van der Waals surface area contributed by atoms with Crippen LogP contribution in [0, 0.1) is 19.7 Å². The van der Waals surface area contributed by atoms with E-state index in [4.69, 9.17) is 12.2 Å². The molecule has 0 saturated carbocycles. The summed E-state index contributed by atoms with van der Waals surface area (Å²) < 4.78 is 12.9. The number of rotatable bonds is 4. The minimum absolute atomic E-state index is 0.133. The van der Waals surface area contributed by atoms with Crippen molar-refractivity contribution in [3.8, 4) is 0 Å². The highest BCUT2D eigenvalue weighted by Gasteiger charge is 2.09. The fourth-order valence-corrected chi connectivity index (χ4v) is 2.67. The van der Waals surface area contributed by atoms with E-state index in [1.807, 2.05) is 0 Å². The second-order valence-electron chi connectivity index (χ2n) is 5.54. The van der Waals surface area contributed by atoms with E-state index in [1.54, 1.807) is 12.1 Å². The number of nitrogens with one attached hydrogen (secondary N) is 2. The Morgan fingerprint density at radius 3 is 2.45 bits per heavy atom. The van der Waals surface area contributed by atoms with Gasteiger partial charge in [0.05, 0.1) is 6.04 Å². The maximum atomic E-state index is 12.9. The largest absolute Gasteiger partial charge is 0.359 e. The second kappa shape index (κ2) is 7.36. The van der Waals surface area contributed by atoms with Crippen LogP contribution >= 0.6 is 12.2 Å². The molecule has 4 heteroatoms. The predicted octanol–water partition coefficient (Wildman–Crippen LogP) is 4.17. The van der Waals surface area contributed by atoms with E-state index in [-0.39, 0.29) is 11.9 Å². The van der Waals surface area contributed by atoms with Crippen LogP contribution in [-0.4, -0.2) is 5.11 Å². The molecule has 2 rings (SSSR count). The molecule has 0 aliphatic carbocycles. The smallest absolute Gasteiger partial charge is 0.167 e. The summed E-state index contributed by atoms with van der Waals surface area (Å²) >= 11 is 5.33. The molecule has 0 aliphatic heterocycles. The Balaban J connectivity index is 1.89. The fraction of sp³-hybridized carbons (Fsp3) is 0.278. The number of halogens is 1. The standard InChI is InChI=1S/C18H21FN2S/c1-12-4-9-17(13(2)10-12)14(3)21-18(22)20-11-15-5-7-16(19)8-6-15/h4-10,14H,11H2,1-3H3,(H2,20,21,22)/t14-/m0/s1. The van der Waals surface area contributed by atoms with Crippen LogP contribution in [0.5, 0.6) is 0 Å². The van der Waals surface area contributed by atoms with E-state index in [0.717, 1.165) is 5.56 Å². The third kappa shape index (κ3) is 4.53. The van der Waals surface area contributed by atoms with Crippen LogP contribution in [0.2, 0.25) is 0 Å². The monoisotopic (exact) mass is 316 g/mol. The molecule has 22 heavy (non-hydrogen) atoms. The first-order chi connectivity index (χ1) is 10.5. The second-order valence-corrected chi connectivity index (χ2v) is 5.94. The van der Waals surface area contributed by atoms with Gasteiger partial charge < -0.3 is 10.6 Å². The van der Waals surface area contributed by atoms with E-state index in [9.17, 15) is 4.39 Å². The third-order valence-electron chi connectivity index (χ3n) is 3.61. The van der Waals surface area contributed by atoms with Gasteiger partial charge >= 0.3 is 0 Å². The van der Waals surface area contributed by atoms with Crippen molar-refractivity contribution < 1.29 is 4.39 Å². The lowest BCUT2D eigenvalue weighted by molar-refractivity contribution is 0.626. The lowest BCUT2D eigenvalue weighted by Gasteiger charge is -2.19. The van der Waals surface area contributed by atoms with Gasteiger partial charge in [-0.25, -0.2) is 4.39 Å². The first-order valence-corrected chi connectivity index (χ1v) is 7.72. The van der Waals surface area contributed by atoms with Crippen LogP contribution in [0.3, 0.4) is 0 Å². The molecular formula is C18H21FN2S. The highest BCUT2D eigenvalue weighted by Crippen LogP contribution is 2.18. The van der Waals surface area contributed by atoms with Crippen molar-refractivity contribution >= 4 is 17.3 Å². The van der Waals surface area contributed by atoms with Crippen LogP contribution in [0.25, 0.3) is 0 Å². The topological polar surface area (TPSA) is 24.1 Å². The Hall–Kier alpha value is -1.94. The van der Waals surface area contributed by atoms with Crippen molar-refractivity contribution in [2.24, 2.45) is 0 Å². The number of thiocarbonyl (C=S) groups is 1. The average Bonchev–Trinajstić information content (AvgIpc) is 2.46. The van der Waals surface area contributed by atoms with Crippen LogP contribution in [0.1, 0.15) is 35.2 Å². The molecule has 0 radical (unpaired) electrons. The summed E-state index contributed by atoms with van der Waals surface area (Å²) in [5, 5.41) is 7.03. The van der Waals surface area contributed by atoms with Gasteiger partial charge in [-0.3, -0.25) is 0 Å². The van der Waals surface area contributed by atoms with Crippen molar-refractivity contribution in [3.05, 3.63) is 70.5 Å². The Morgan fingerprint density at radius 1 is 1.14 bits per heavy atom. The molecule has 0 spiro atoms. The third-order valence-corrected chi connectivity index (χ3v) is 3.87. The van der Waals surface area contributed by atoms with Gasteiger partial charge in [0, 0.05) is 6.54 Å². The molecule has 1 atom stereocenters. The average molecular weight is 316 g/mol. The minimum atomic E-state index is -0.229. The van der Waals surface area contributed by atoms with Crippen molar-refractivity contribution in [1.82, 2.24) is 10.6 Å². The number of aryl methyl sites for hydroxylation is 2. The van der Waals surface area contributed by atoms with Gasteiger partial charge in [-0.15, -0.1) is 0 Å². The van der Waals surface area contributed by atoms with E-state index < -0.39 is 0 Å². The van der Waals surface area contributed by atoms with E-state index in [0.29, 0.717) is 11.7 Å². The van der Waals surface area contributed by atoms with E-state index in [1.165, 1.54) is 28.8 Å². The van der Waals surface area contributed by atoms with Crippen LogP contribution < -0.4 is 10.6 Å². The predicted molar refractivity (Wildman–Crippen MR) is 93.3 cm³/mol. The molecule has 0 aromatic heterocycles. The highest BCUT2D eigenvalue weighted by atomic mass is 32.1. The number of hydrogen-bond donors (Lipinski definition) is 2. The van der Waals surface area contributed by atoms with Gasteiger partial charge in [-0.1, -0.05) is 35.9 Å². The molecule has 0 bridgehead atoms. The van der Waals surface area contributed by atoms with Gasteiger partial charge in [0.1, 0.15) is 5.82 Å². The Kier molecular flexibility index (Phi) is 5.50. The summed E-state index contributed by atoms with van der Waals surface area (Å²) in [7, 11) is 0. The Morgan fingerprint density at radius 2 is 1.82 bits per heavy atom. The van der Waals surface area contributed by atoms with E-state index in [2.05, 4.69) is 49.6 Å². The summed E-state index contributed by atoms with van der Waals surface area (Å²) in [5.41, 5.74) is 4.73. The molecule has 2 aromatic carbocycles. The zero-order valence-electron chi connectivity index (χ0n) is 13.1. The lowest BCUT2D eigenvalue weighted by atomic mass is 10.0. The zero-order chi connectivity index (χ0) is 16.1. The zero-order valence-corrected chi connectivity index (χ0v) is 13.9. The molecule has 2 N–H and O–H groups in total. The van der Waals surface area contributed by atoms with Gasteiger partial charge in [0.15, 0.2) is 5.11 Å². The van der Waals surface area contributed by atoms with Gasteiger partial charge in [-0.05, 0) is 61.8 Å². The van der Waals surface area contributed by atoms with Gasteiger partial charge in [0.2, 0.25) is 0 Å². The SMILES string of the molecule is Cc1ccc([C@H](C)NC(=S)NCc2ccc(F)cc2)c(C)c1. The normalized spacial score (nSPS) is 11.8. The van der Waals surface area contributed by atoms with Crippen molar-refractivity contribution in [2.75, 3.05) is 0 Å². The summed E-state index contributed by atoms with van der Waals surface area (Å²) in [6, 6.07) is 12.9. The van der Waals surface area contributed by atoms with Crippen LogP contribution in [0.15, 0.2) is 42.5 Å². The molecule has 0 fully saturated rings. The number of benzene rings is 2. The first kappa shape index (κ1) is 16.4. The van der Waals surface area contributed by atoms with Crippen LogP contribution in [0.4, 0.5) is 4.39 Å². The van der Waals surface area contributed by atoms with Crippen molar-refractivity contribution in [3.63, 3.8) is 0 Å². The molecule has 0 heterocycles. The Labute approximate surface area is 136 Å². The Bertz CT molecular complexity index is 653. The summed E-state index contributed by atoms with van der Waals surface area (Å²) in [6.07, 6.45) is 0. The number of hydrogen-bond acceptors (Lipinski definition) is 1. The summed E-state index contributed by atoms with van der Waals surface area (Å²) in [4.78, 5) is 0. The molecule has 0 aliphatic rings. The lowest BCUT2D eigenvalue weighted by Crippen LogP contribution is -2.36. The molecule has 116 valence electrons. The molecule has 0 unspecified atom stereocenters. The fourth-order valence-electron chi connectivity index (χ4n) is 2.42. The maximum absolute atomic E-state index is 12.9. The minimum Gasteiger partial charge on any atom is -0.359 e. The van der Waals surface area contributed by atoms with Crippen molar-refractivity contribution in [2.45, 2.75) is 33.4 Å². The van der Waals surface area contributed by atoms with Gasteiger partial charge in [0.25, 0.3) is 0 Å².